The highest BCUT2D eigenvalue weighted by Crippen LogP contribution is 2.20. The molecule has 0 saturated carbocycles. The summed E-state index contributed by atoms with van der Waals surface area (Å²) in [6.45, 7) is 4.48. The number of nitrogens with zero attached hydrogens (tertiary/aromatic N) is 1. The van der Waals surface area contributed by atoms with Crippen molar-refractivity contribution in [3.63, 3.8) is 0 Å². The Kier molecular flexibility index (Phi) is 3.64. The molecule has 1 aliphatic heterocycles. The standard InChI is InChI=1S/C16H18N2O3/c1-3-12-8-13(21-18-12)9-17-16(19)15-7-11-6-10(2)4-5-14(11)20-15/h4-7,13H,3,8-9H2,1-2H3,(H,17,19). The number of aryl methyl sites for hydroxylation is 1. The Bertz CT molecular complexity index is 703. The number of furan rings is 1. The molecule has 3 rings (SSSR count). The van der Waals surface area contributed by atoms with Gasteiger partial charge in [0.1, 0.15) is 11.7 Å². The van der Waals surface area contributed by atoms with E-state index in [1.807, 2.05) is 32.0 Å². The second kappa shape index (κ2) is 5.60. The van der Waals surface area contributed by atoms with Gasteiger partial charge in [0.2, 0.25) is 0 Å². The summed E-state index contributed by atoms with van der Waals surface area (Å²) in [6, 6.07) is 7.60. The molecule has 0 radical (unpaired) electrons. The van der Waals surface area contributed by atoms with Crippen molar-refractivity contribution in [3.05, 3.63) is 35.6 Å². The molecule has 2 heterocycles. The number of rotatable bonds is 4. The van der Waals surface area contributed by atoms with Crippen molar-refractivity contribution in [1.82, 2.24) is 5.32 Å². The fraction of sp³-hybridized carbons (Fsp3) is 0.375. The number of hydrogen-bond acceptors (Lipinski definition) is 4. The van der Waals surface area contributed by atoms with Crippen molar-refractivity contribution in [2.24, 2.45) is 5.16 Å². The molecule has 110 valence electrons. The SMILES string of the molecule is CCC1=NOC(CNC(=O)c2cc3cc(C)ccc3o2)C1. The fourth-order valence-electron chi connectivity index (χ4n) is 2.37. The quantitative estimate of drug-likeness (QED) is 0.939. The van der Waals surface area contributed by atoms with E-state index >= 15 is 0 Å². The van der Waals surface area contributed by atoms with Gasteiger partial charge in [0.05, 0.1) is 12.3 Å². The molecular formula is C16H18N2O3. The van der Waals surface area contributed by atoms with Crippen LogP contribution in [-0.4, -0.2) is 24.3 Å². The van der Waals surface area contributed by atoms with Crippen LogP contribution in [0.1, 0.15) is 35.9 Å². The van der Waals surface area contributed by atoms with Gasteiger partial charge in [0, 0.05) is 11.8 Å². The second-order valence-electron chi connectivity index (χ2n) is 5.30. The van der Waals surface area contributed by atoms with Crippen LogP contribution in [0, 0.1) is 6.92 Å². The van der Waals surface area contributed by atoms with Gasteiger partial charge in [0.15, 0.2) is 5.76 Å². The first kappa shape index (κ1) is 13.7. The molecule has 5 heteroatoms. The lowest BCUT2D eigenvalue weighted by molar-refractivity contribution is 0.0741. The topological polar surface area (TPSA) is 63.8 Å². The Morgan fingerprint density at radius 3 is 3.05 bits per heavy atom. The molecule has 0 spiro atoms. The van der Waals surface area contributed by atoms with Crippen molar-refractivity contribution >= 4 is 22.6 Å². The zero-order chi connectivity index (χ0) is 14.8. The largest absolute Gasteiger partial charge is 0.451 e. The van der Waals surface area contributed by atoms with Crippen LogP contribution in [0.3, 0.4) is 0 Å². The molecule has 1 unspecified atom stereocenters. The zero-order valence-corrected chi connectivity index (χ0v) is 12.2. The Morgan fingerprint density at radius 1 is 1.43 bits per heavy atom. The molecule has 1 amide bonds. The number of benzene rings is 1. The molecule has 1 aromatic heterocycles. The van der Waals surface area contributed by atoms with Crippen LogP contribution in [0.4, 0.5) is 0 Å². The summed E-state index contributed by atoms with van der Waals surface area (Å²) < 4.78 is 5.56. The monoisotopic (exact) mass is 286 g/mol. The fourth-order valence-corrected chi connectivity index (χ4v) is 2.37. The first-order chi connectivity index (χ1) is 10.2. The highest BCUT2D eigenvalue weighted by atomic mass is 16.6. The van der Waals surface area contributed by atoms with Gasteiger partial charge in [-0.1, -0.05) is 23.7 Å². The Hall–Kier alpha value is -2.30. The molecule has 1 aromatic carbocycles. The van der Waals surface area contributed by atoms with E-state index in [-0.39, 0.29) is 12.0 Å². The highest BCUT2D eigenvalue weighted by molar-refractivity contribution is 5.96. The predicted molar refractivity (Wildman–Crippen MR) is 80.5 cm³/mol. The molecular weight excluding hydrogens is 268 g/mol. The van der Waals surface area contributed by atoms with E-state index in [1.165, 1.54) is 0 Å². The lowest BCUT2D eigenvalue weighted by Gasteiger charge is -2.08. The smallest absolute Gasteiger partial charge is 0.287 e. The molecule has 0 saturated heterocycles. The van der Waals surface area contributed by atoms with Crippen molar-refractivity contribution in [3.8, 4) is 0 Å². The number of oxime groups is 1. The minimum atomic E-state index is -0.225. The molecule has 1 N–H and O–H groups in total. The zero-order valence-electron chi connectivity index (χ0n) is 12.2. The molecule has 5 nitrogen and oxygen atoms in total. The summed E-state index contributed by atoms with van der Waals surface area (Å²) in [5.41, 5.74) is 2.90. The van der Waals surface area contributed by atoms with Crippen molar-refractivity contribution in [2.45, 2.75) is 32.8 Å². The molecule has 0 aliphatic carbocycles. The van der Waals surface area contributed by atoms with E-state index in [0.717, 1.165) is 35.1 Å². The Labute approximate surface area is 122 Å². The highest BCUT2D eigenvalue weighted by Gasteiger charge is 2.21. The Balaban J connectivity index is 1.62. The van der Waals surface area contributed by atoms with E-state index in [1.54, 1.807) is 6.07 Å². The van der Waals surface area contributed by atoms with Crippen molar-refractivity contribution in [2.75, 3.05) is 6.54 Å². The van der Waals surface area contributed by atoms with E-state index in [0.29, 0.717) is 12.3 Å². The third kappa shape index (κ3) is 2.91. The van der Waals surface area contributed by atoms with Crippen LogP contribution < -0.4 is 5.32 Å². The van der Waals surface area contributed by atoms with Gasteiger partial charge in [0.25, 0.3) is 5.91 Å². The molecule has 1 atom stereocenters. The molecule has 0 bridgehead atoms. The molecule has 21 heavy (non-hydrogen) atoms. The normalized spacial score (nSPS) is 17.6. The third-order valence-electron chi connectivity index (χ3n) is 3.59. The average Bonchev–Trinajstić information content (AvgIpc) is 3.10. The van der Waals surface area contributed by atoms with Crippen molar-refractivity contribution in [1.29, 1.82) is 0 Å². The van der Waals surface area contributed by atoms with Gasteiger partial charge in [-0.2, -0.15) is 0 Å². The van der Waals surface area contributed by atoms with E-state index in [2.05, 4.69) is 10.5 Å². The lowest BCUT2D eigenvalue weighted by Crippen LogP contribution is -2.32. The predicted octanol–water partition coefficient (Wildman–Crippen LogP) is 3.03. The maximum absolute atomic E-state index is 12.1. The number of carbonyl (C=O) groups excluding carboxylic acids is 1. The van der Waals surface area contributed by atoms with Gasteiger partial charge in [-0.15, -0.1) is 0 Å². The first-order valence-electron chi connectivity index (χ1n) is 7.15. The number of fused-ring (bicyclic) bond motifs is 1. The lowest BCUT2D eigenvalue weighted by atomic mass is 10.1. The maximum Gasteiger partial charge on any atom is 0.287 e. The second-order valence-corrected chi connectivity index (χ2v) is 5.30. The van der Waals surface area contributed by atoms with Gasteiger partial charge < -0.3 is 14.6 Å². The molecule has 1 aliphatic rings. The van der Waals surface area contributed by atoms with E-state index in [4.69, 9.17) is 9.25 Å². The van der Waals surface area contributed by atoms with Gasteiger partial charge >= 0.3 is 0 Å². The summed E-state index contributed by atoms with van der Waals surface area (Å²) in [4.78, 5) is 17.4. The number of hydrogen-bond donors (Lipinski definition) is 1. The van der Waals surface area contributed by atoms with Gasteiger partial charge in [-0.05, 0) is 31.5 Å². The minimum Gasteiger partial charge on any atom is -0.451 e. The third-order valence-corrected chi connectivity index (χ3v) is 3.59. The molecule has 0 fully saturated rings. The maximum atomic E-state index is 12.1. The van der Waals surface area contributed by atoms with Gasteiger partial charge in [-0.3, -0.25) is 4.79 Å². The molecule has 2 aromatic rings. The summed E-state index contributed by atoms with van der Waals surface area (Å²) in [7, 11) is 0. The van der Waals surface area contributed by atoms with Gasteiger partial charge in [-0.25, -0.2) is 0 Å². The van der Waals surface area contributed by atoms with E-state index in [9.17, 15) is 4.79 Å². The van der Waals surface area contributed by atoms with Crippen LogP contribution >= 0.6 is 0 Å². The summed E-state index contributed by atoms with van der Waals surface area (Å²) >= 11 is 0. The number of carbonyl (C=O) groups is 1. The summed E-state index contributed by atoms with van der Waals surface area (Å²) in [5, 5.41) is 7.74. The average molecular weight is 286 g/mol. The first-order valence-corrected chi connectivity index (χ1v) is 7.15. The Morgan fingerprint density at radius 2 is 2.29 bits per heavy atom. The van der Waals surface area contributed by atoms with Crippen LogP contribution in [0.5, 0.6) is 0 Å². The van der Waals surface area contributed by atoms with Crippen LogP contribution in [0.15, 0.2) is 33.8 Å². The van der Waals surface area contributed by atoms with Crippen LogP contribution in [-0.2, 0) is 4.84 Å². The van der Waals surface area contributed by atoms with E-state index < -0.39 is 0 Å². The van der Waals surface area contributed by atoms with Crippen LogP contribution in [0.2, 0.25) is 0 Å². The number of amides is 1. The number of nitrogens with one attached hydrogen (secondary N) is 1. The van der Waals surface area contributed by atoms with Crippen molar-refractivity contribution < 1.29 is 14.0 Å². The van der Waals surface area contributed by atoms with Crippen LogP contribution in [0.25, 0.3) is 11.0 Å². The summed E-state index contributed by atoms with van der Waals surface area (Å²) in [5.74, 6) is 0.0997. The minimum absolute atomic E-state index is 0.0736. The summed E-state index contributed by atoms with van der Waals surface area (Å²) in [6.07, 6.45) is 1.58.